The Bertz CT molecular complexity index is 645. The van der Waals surface area contributed by atoms with Crippen LogP contribution in [0.5, 0.6) is 0 Å². The van der Waals surface area contributed by atoms with Gasteiger partial charge in [0.05, 0.1) is 18.1 Å². The van der Waals surface area contributed by atoms with E-state index in [1.807, 2.05) is 0 Å². The SMILES string of the molecule is O=C(Nc1cnn(C(F)F)c1)c1cc(C2CCCCC2)[nH]n1. The number of carbonyl (C=O) groups is 1. The zero-order valence-electron chi connectivity index (χ0n) is 11.9. The van der Waals surface area contributed by atoms with Crippen molar-refractivity contribution >= 4 is 11.6 Å². The molecular weight excluding hydrogens is 292 g/mol. The smallest absolute Gasteiger partial charge is 0.318 e. The van der Waals surface area contributed by atoms with Gasteiger partial charge in [-0.15, -0.1) is 0 Å². The number of H-pyrrole nitrogens is 1. The maximum absolute atomic E-state index is 12.4. The summed E-state index contributed by atoms with van der Waals surface area (Å²) in [5.41, 5.74) is 1.44. The first-order valence-corrected chi connectivity index (χ1v) is 7.32. The van der Waals surface area contributed by atoms with Crippen molar-refractivity contribution in [3.05, 3.63) is 29.8 Å². The standard InChI is InChI=1S/C14H17F2N5O/c15-14(16)21-8-10(7-17-21)18-13(22)12-6-11(19-20-12)9-4-2-1-3-5-9/h6-9,14H,1-5H2,(H,18,22)(H,19,20). The minimum Gasteiger partial charge on any atom is -0.318 e. The van der Waals surface area contributed by atoms with E-state index < -0.39 is 12.5 Å². The minimum absolute atomic E-state index is 0.215. The first-order valence-electron chi connectivity index (χ1n) is 7.32. The number of hydrogen-bond acceptors (Lipinski definition) is 3. The number of nitrogens with zero attached hydrogens (tertiary/aromatic N) is 3. The third-order valence-electron chi connectivity index (χ3n) is 3.93. The van der Waals surface area contributed by atoms with Crippen molar-refractivity contribution in [2.45, 2.75) is 44.6 Å². The number of alkyl halides is 2. The highest BCUT2D eigenvalue weighted by atomic mass is 19.3. The molecule has 2 N–H and O–H groups in total. The minimum atomic E-state index is -2.73. The van der Waals surface area contributed by atoms with Crippen molar-refractivity contribution in [2.75, 3.05) is 5.32 Å². The average Bonchev–Trinajstić information content (AvgIpc) is 3.17. The lowest BCUT2D eigenvalue weighted by molar-refractivity contribution is 0.0566. The number of hydrogen-bond donors (Lipinski definition) is 2. The number of aromatic nitrogens is 4. The molecule has 1 aliphatic carbocycles. The number of halogens is 2. The number of rotatable bonds is 4. The second-order valence-corrected chi connectivity index (χ2v) is 5.48. The predicted molar refractivity (Wildman–Crippen MR) is 75.8 cm³/mol. The summed E-state index contributed by atoms with van der Waals surface area (Å²) in [6, 6.07) is 1.74. The fourth-order valence-corrected chi connectivity index (χ4v) is 2.78. The molecule has 2 aromatic rings. The molecule has 2 aromatic heterocycles. The number of nitrogens with one attached hydrogen (secondary N) is 2. The van der Waals surface area contributed by atoms with Crippen LogP contribution in [0.15, 0.2) is 18.5 Å². The molecular formula is C14H17F2N5O. The maximum Gasteiger partial charge on any atom is 0.333 e. The monoisotopic (exact) mass is 309 g/mol. The van der Waals surface area contributed by atoms with Crippen molar-refractivity contribution in [1.82, 2.24) is 20.0 Å². The van der Waals surface area contributed by atoms with Crippen molar-refractivity contribution in [3.8, 4) is 0 Å². The summed E-state index contributed by atoms with van der Waals surface area (Å²) in [4.78, 5) is 12.1. The zero-order valence-corrected chi connectivity index (χ0v) is 11.9. The van der Waals surface area contributed by atoms with Gasteiger partial charge in [-0.3, -0.25) is 9.89 Å². The second kappa shape index (κ2) is 6.25. The molecule has 0 spiro atoms. The molecule has 0 radical (unpaired) electrons. The van der Waals surface area contributed by atoms with E-state index in [-0.39, 0.29) is 11.4 Å². The fraction of sp³-hybridized carbons (Fsp3) is 0.500. The Morgan fingerprint density at radius 1 is 1.36 bits per heavy atom. The molecule has 8 heteroatoms. The van der Waals surface area contributed by atoms with Gasteiger partial charge < -0.3 is 5.32 Å². The van der Waals surface area contributed by atoms with Crippen molar-refractivity contribution < 1.29 is 13.6 Å². The third-order valence-corrected chi connectivity index (χ3v) is 3.93. The molecule has 1 fully saturated rings. The van der Waals surface area contributed by atoms with Crippen LogP contribution in [-0.2, 0) is 0 Å². The van der Waals surface area contributed by atoms with E-state index in [9.17, 15) is 13.6 Å². The molecule has 1 aliphatic rings. The number of carbonyl (C=O) groups excluding carboxylic acids is 1. The Morgan fingerprint density at radius 2 is 2.14 bits per heavy atom. The molecule has 0 bridgehead atoms. The van der Waals surface area contributed by atoms with Gasteiger partial charge in [-0.05, 0) is 18.9 Å². The van der Waals surface area contributed by atoms with Gasteiger partial charge in [0.1, 0.15) is 0 Å². The van der Waals surface area contributed by atoms with Crippen LogP contribution in [0, 0.1) is 0 Å². The fourth-order valence-electron chi connectivity index (χ4n) is 2.78. The summed E-state index contributed by atoms with van der Waals surface area (Å²) < 4.78 is 25.3. The van der Waals surface area contributed by atoms with Crippen LogP contribution < -0.4 is 5.32 Å². The first kappa shape index (κ1) is 14.7. The van der Waals surface area contributed by atoms with Gasteiger partial charge in [0.2, 0.25) is 0 Å². The van der Waals surface area contributed by atoms with Crippen molar-refractivity contribution in [3.63, 3.8) is 0 Å². The summed E-state index contributed by atoms with van der Waals surface area (Å²) in [6.45, 7) is -2.73. The molecule has 1 saturated carbocycles. The number of amides is 1. The Hall–Kier alpha value is -2.25. The predicted octanol–water partition coefficient (Wildman–Crippen LogP) is 3.30. The normalized spacial score (nSPS) is 16.1. The van der Waals surface area contributed by atoms with Gasteiger partial charge in [-0.2, -0.15) is 19.0 Å². The lowest BCUT2D eigenvalue weighted by Crippen LogP contribution is -2.12. The molecule has 0 unspecified atom stereocenters. The number of anilines is 1. The highest BCUT2D eigenvalue weighted by Gasteiger charge is 2.20. The molecule has 118 valence electrons. The molecule has 0 saturated heterocycles. The first-order chi connectivity index (χ1) is 10.6. The van der Waals surface area contributed by atoms with Gasteiger partial charge in [0.15, 0.2) is 5.69 Å². The van der Waals surface area contributed by atoms with Gasteiger partial charge in [-0.1, -0.05) is 19.3 Å². The molecule has 0 atom stereocenters. The van der Waals surface area contributed by atoms with Crippen LogP contribution in [0.2, 0.25) is 0 Å². The molecule has 0 aliphatic heterocycles. The van der Waals surface area contributed by atoms with Gasteiger partial charge in [0, 0.05) is 11.6 Å². The van der Waals surface area contributed by atoms with E-state index >= 15 is 0 Å². The highest BCUT2D eigenvalue weighted by Crippen LogP contribution is 2.31. The Morgan fingerprint density at radius 3 is 2.82 bits per heavy atom. The summed E-state index contributed by atoms with van der Waals surface area (Å²) in [5, 5.41) is 12.9. The molecule has 2 heterocycles. The Kier molecular flexibility index (Phi) is 4.17. The average molecular weight is 309 g/mol. The highest BCUT2D eigenvalue weighted by molar-refractivity contribution is 6.02. The topological polar surface area (TPSA) is 75.6 Å². The Labute approximate surface area is 125 Å². The van der Waals surface area contributed by atoms with E-state index in [0.717, 1.165) is 24.7 Å². The summed E-state index contributed by atoms with van der Waals surface area (Å²) in [5.74, 6) is -0.0171. The van der Waals surface area contributed by atoms with E-state index in [2.05, 4.69) is 20.6 Å². The van der Waals surface area contributed by atoms with Crippen LogP contribution in [0.3, 0.4) is 0 Å². The Balaban J connectivity index is 1.65. The quantitative estimate of drug-likeness (QED) is 0.910. The van der Waals surface area contributed by atoms with Gasteiger partial charge in [0.25, 0.3) is 5.91 Å². The lowest BCUT2D eigenvalue weighted by atomic mass is 9.87. The van der Waals surface area contributed by atoms with Crippen LogP contribution >= 0.6 is 0 Å². The molecule has 0 aromatic carbocycles. The zero-order chi connectivity index (χ0) is 15.5. The van der Waals surface area contributed by atoms with Crippen LogP contribution in [0.4, 0.5) is 14.5 Å². The summed E-state index contributed by atoms with van der Waals surface area (Å²) >= 11 is 0. The van der Waals surface area contributed by atoms with Crippen molar-refractivity contribution in [1.29, 1.82) is 0 Å². The van der Waals surface area contributed by atoms with Crippen LogP contribution in [0.25, 0.3) is 0 Å². The van der Waals surface area contributed by atoms with Gasteiger partial charge >= 0.3 is 6.55 Å². The van der Waals surface area contributed by atoms with E-state index in [0.29, 0.717) is 10.6 Å². The van der Waals surface area contributed by atoms with Crippen LogP contribution in [0.1, 0.15) is 60.8 Å². The second-order valence-electron chi connectivity index (χ2n) is 5.48. The van der Waals surface area contributed by atoms with Crippen LogP contribution in [-0.4, -0.2) is 25.9 Å². The maximum atomic E-state index is 12.4. The molecule has 1 amide bonds. The van der Waals surface area contributed by atoms with E-state index in [4.69, 9.17) is 0 Å². The summed E-state index contributed by atoms with van der Waals surface area (Å²) in [6.07, 6.45) is 8.10. The third kappa shape index (κ3) is 3.15. The largest absolute Gasteiger partial charge is 0.333 e. The van der Waals surface area contributed by atoms with Gasteiger partial charge in [-0.25, -0.2) is 4.68 Å². The molecule has 6 nitrogen and oxygen atoms in total. The van der Waals surface area contributed by atoms with Crippen molar-refractivity contribution in [2.24, 2.45) is 0 Å². The molecule has 3 rings (SSSR count). The van der Waals surface area contributed by atoms with E-state index in [1.54, 1.807) is 6.07 Å². The number of aromatic amines is 1. The van der Waals surface area contributed by atoms with E-state index in [1.165, 1.54) is 25.5 Å². The lowest BCUT2D eigenvalue weighted by Gasteiger charge is -2.19. The summed E-state index contributed by atoms with van der Waals surface area (Å²) in [7, 11) is 0. The molecule has 22 heavy (non-hydrogen) atoms.